The third kappa shape index (κ3) is 3.60. The van der Waals surface area contributed by atoms with Crippen LogP contribution in [-0.4, -0.2) is 37.9 Å². The monoisotopic (exact) mass is 489 g/mol. The van der Waals surface area contributed by atoms with E-state index < -0.39 is 22.6 Å². The van der Waals surface area contributed by atoms with Crippen LogP contribution in [0.25, 0.3) is 27.8 Å². The van der Waals surface area contributed by atoms with Gasteiger partial charge < -0.3 is 14.4 Å². The molecule has 1 saturated carbocycles. The van der Waals surface area contributed by atoms with E-state index in [0.29, 0.717) is 30.6 Å². The van der Waals surface area contributed by atoms with Crippen molar-refractivity contribution in [3.8, 4) is 17.5 Å². The van der Waals surface area contributed by atoms with Crippen LogP contribution in [0.4, 0.5) is 4.39 Å². The Bertz CT molecular complexity index is 1550. The number of aliphatic carboxylic acids is 1. The second-order valence-electron chi connectivity index (χ2n) is 10.6. The minimum Gasteiger partial charge on any atom is -0.494 e. The standard InChI is InChI=1S/C27H28FN5O3/c1-26(2,9-10-29)23-21(15-7-8-27(3,13-15)25(34)35)22-19(11-16-14-30-32-24(16)31-22)33(23)17-5-6-18(28)20(12-17)36-4/h5-6,11-12,14-15H,7-9,13H2,1-4H3,(H,34,35)(H,30,31,32)/t15-,27-/m1/s1. The topological polar surface area (TPSA) is 117 Å². The number of ether oxygens (including phenoxy) is 1. The molecule has 0 saturated heterocycles. The molecule has 0 radical (unpaired) electrons. The Balaban J connectivity index is 1.89. The number of halogens is 1. The Labute approximate surface area is 207 Å². The number of pyridine rings is 1. The fraction of sp³-hybridized carbons (Fsp3) is 0.407. The fourth-order valence-electron chi connectivity index (χ4n) is 5.66. The number of hydrogen-bond acceptors (Lipinski definition) is 5. The molecule has 0 unspecified atom stereocenters. The zero-order valence-corrected chi connectivity index (χ0v) is 20.7. The van der Waals surface area contributed by atoms with Gasteiger partial charge in [0.25, 0.3) is 0 Å². The number of rotatable bonds is 6. The maximum absolute atomic E-state index is 14.4. The summed E-state index contributed by atoms with van der Waals surface area (Å²) in [6.45, 7) is 5.80. The Kier molecular flexibility index (Phi) is 5.51. The van der Waals surface area contributed by atoms with Crippen molar-refractivity contribution in [1.29, 1.82) is 5.26 Å². The van der Waals surface area contributed by atoms with Gasteiger partial charge in [0.2, 0.25) is 0 Å². The van der Waals surface area contributed by atoms with Gasteiger partial charge in [-0.15, -0.1) is 0 Å². The van der Waals surface area contributed by atoms with Crippen LogP contribution in [0.1, 0.15) is 63.6 Å². The van der Waals surface area contributed by atoms with Gasteiger partial charge in [-0.3, -0.25) is 9.89 Å². The van der Waals surface area contributed by atoms with Crippen LogP contribution >= 0.6 is 0 Å². The quantitative estimate of drug-likeness (QED) is 0.364. The number of fused-ring (bicyclic) bond motifs is 2. The van der Waals surface area contributed by atoms with E-state index in [1.165, 1.54) is 13.2 Å². The van der Waals surface area contributed by atoms with Crippen LogP contribution in [0.15, 0.2) is 30.5 Å². The first-order valence-electron chi connectivity index (χ1n) is 11.9. The summed E-state index contributed by atoms with van der Waals surface area (Å²) in [5.41, 5.74) is 3.19. The van der Waals surface area contributed by atoms with E-state index in [2.05, 4.69) is 16.3 Å². The molecule has 1 aromatic carbocycles. The molecule has 0 bridgehead atoms. The Hall–Kier alpha value is -3.93. The van der Waals surface area contributed by atoms with Gasteiger partial charge in [-0.1, -0.05) is 13.8 Å². The highest BCUT2D eigenvalue weighted by molar-refractivity contribution is 5.94. The Morgan fingerprint density at radius 3 is 2.86 bits per heavy atom. The first kappa shape index (κ1) is 23.8. The number of aromatic amines is 1. The first-order valence-corrected chi connectivity index (χ1v) is 11.9. The van der Waals surface area contributed by atoms with E-state index in [1.807, 2.05) is 24.5 Å². The number of nitrogens with zero attached hydrogens (tertiary/aromatic N) is 4. The van der Waals surface area contributed by atoms with E-state index in [4.69, 9.17) is 9.72 Å². The van der Waals surface area contributed by atoms with Gasteiger partial charge in [-0.2, -0.15) is 10.4 Å². The Morgan fingerprint density at radius 2 is 2.19 bits per heavy atom. The second-order valence-corrected chi connectivity index (χ2v) is 10.6. The lowest BCUT2D eigenvalue weighted by Gasteiger charge is -2.28. The number of hydrogen-bond donors (Lipinski definition) is 2. The zero-order valence-electron chi connectivity index (χ0n) is 20.7. The molecule has 1 aliphatic carbocycles. The average molecular weight is 490 g/mol. The maximum Gasteiger partial charge on any atom is 0.309 e. The molecule has 36 heavy (non-hydrogen) atoms. The van der Waals surface area contributed by atoms with Crippen molar-refractivity contribution in [2.24, 2.45) is 5.41 Å². The molecule has 2 atom stereocenters. The summed E-state index contributed by atoms with van der Waals surface area (Å²) < 4.78 is 21.7. The fourth-order valence-corrected chi connectivity index (χ4v) is 5.66. The van der Waals surface area contributed by atoms with Gasteiger partial charge in [0.05, 0.1) is 35.8 Å². The molecule has 5 rings (SSSR count). The molecule has 4 aromatic rings. The summed E-state index contributed by atoms with van der Waals surface area (Å²) in [5.74, 6) is -1.24. The summed E-state index contributed by atoms with van der Waals surface area (Å²) in [5, 5.41) is 27.5. The number of nitrogens with one attached hydrogen (secondary N) is 1. The smallest absolute Gasteiger partial charge is 0.309 e. The van der Waals surface area contributed by atoms with E-state index in [9.17, 15) is 19.6 Å². The van der Waals surface area contributed by atoms with E-state index in [1.54, 1.807) is 25.3 Å². The molecular formula is C27H28FN5O3. The van der Waals surface area contributed by atoms with Crippen molar-refractivity contribution in [1.82, 2.24) is 19.7 Å². The van der Waals surface area contributed by atoms with Crippen LogP contribution in [-0.2, 0) is 10.2 Å². The number of carbonyl (C=O) groups is 1. The summed E-state index contributed by atoms with van der Waals surface area (Å²) in [7, 11) is 1.42. The van der Waals surface area contributed by atoms with Crippen LogP contribution in [0.5, 0.6) is 5.75 Å². The lowest BCUT2D eigenvalue weighted by atomic mass is 9.79. The van der Waals surface area contributed by atoms with Crippen molar-refractivity contribution >= 4 is 28.0 Å². The number of methoxy groups -OCH3 is 1. The molecule has 1 fully saturated rings. The number of H-pyrrole nitrogens is 1. The summed E-state index contributed by atoms with van der Waals surface area (Å²) in [4.78, 5) is 17.0. The number of nitriles is 1. The van der Waals surface area contributed by atoms with Gasteiger partial charge in [0.1, 0.15) is 0 Å². The van der Waals surface area contributed by atoms with Gasteiger partial charge in [0, 0.05) is 40.2 Å². The van der Waals surface area contributed by atoms with Crippen molar-refractivity contribution in [3.63, 3.8) is 0 Å². The van der Waals surface area contributed by atoms with Crippen LogP contribution in [0, 0.1) is 22.6 Å². The maximum atomic E-state index is 14.4. The first-order chi connectivity index (χ1) is 17.1. The third-order valence-corrected chi connectivity index (χ3v) is 7.60. The van der Waals surface area contributed by atoms with Gasteiger partial charge in [-0.05, 0) is 50.3 Å². The molecular weight excluding hydrogens is 461 g/mol. The Morgan fingerprint density at radius 1 is 1.42 bits per heavy atom. The minimum atomic E-state index is -0.840. The molecule has 8 nitrogen and oxygen atoms in total. The predicted octanol–water partition coefficient (Wildman–Crippen LogP) is 5.60. The van der Waals surface area contributed by atoms with E-state index in [-0.39, 0.29) is 18.1 Å². The number of benzene rings is 1. The van der Waals surface area contributed by atoms with Crippen LogP contribution in [0.3, 0.4) is 0 Å². The normalized spacial score (nSPS) is 20.2. The average Bonchev–Trinajstić information content (AvgIpc) is 3.53. The molecule has 0 aliphatic heterocycles. The summed E-state index contributed by atoms with van der Waals surface area (Å²) in [6.07, 6.45) is 3.63. The molecule has 2 N–H and O–H groups in total. The molecule has 9 heteroatoms. The van der Waals surface area contributed by atoms with Crippen LogP contribution < -0.4 is 4.74 Å². The highest BCUT2D eigenvalue weighted by Crippen LogP contribution is 2.52. The minimum absolute atomic E-state index is 0.0713. The lowest BCUT2D eigenvalue weighted by molar-refractivity contribution is -0.147. The van der Waals surface area contributed by atoms with Crippen molar-refractivity contribution in [3.05, 3.63) is 47.5 Å². The highest BCUT2D eigenvalue weighted by Gasteiger charge is 2.45. The number of carboxylic acids is 1. The highest BCUT2D eigenvalue weighted by atomic mass is 19.1. The second kappa shape index (κ2) is 8.33. The third-order valence-electron chi connectivity index (χ3n) is 7.60. The van der Waals surface area contributed by atoms with Gasteiger partial charge >= 0.3 is 5.97 Å². The lowest BCUT2D eigenvalue weighted by Crippen LogP contribution is -2.25. The molecule has 1 aliphatic rings. The summed E-state index contributed by atoms with van der Waals surface area (Å²) >= 11 is 0. The van der Waals surface area contributed by atoms with Crippen molar-refractivity contribution in [2.45, 2.75) is 57.8 Å². The van der Waals surface area contributed by atoms with Crippen LogP contribution in [0.2, 0.25) is 0 Å². The largest absolute Gasteiger partial charge is 0.494 e. The molecule has 0 spiro atoms. The van der Waals surface area contributed by atoms with Gasteiger partial charge in [0.15, 0.2) is 17.2 Å². The van der Waals surface area contributed by atoms with E-state index >= 15 is 0 Å². The number of aromatic nitrogens is 4. The van der Waals surface area contributed by atoms with Crippen molar-refractivity contribution < 1.29 is 19.0 Å². The molecule has 3 heterocycles. The van der Waals surface area contributed by atoms with E-state index in [0.717, 1.165) is 27.7 Å². The molecule has 3 aromatic heterocycles. The SMILES string of the molecule is COc1cc(-n2c(C(C)(C)CC#N)c([C@@H]3CC[C@@](C)(C(=O)O)C3)c3nc4[nH]ncc4cc32)ccc1F. The van der Waals surface area contributed by atoms with Crippen molar-refractivity contribution in [2.75, 3.05) is 7.11 Å². The molecule has 186 valence electrons. The predicted molar refractivity (Wildman–Crippen MR) is 133 cm³/mol. The molecule has 0 amide bonds. The summed E-state index contributed by atoms with van der Waals surface area (Å²) in [6, 6.07) is 8.98. The van der Waals surface area contributed by atoms with Gasteiger partial charge in [-0.25, -0.2) is 9.37 Å². The zero-order chi connectivity index (χ0) is 25.8. The number of carboxylic acid groups (broad SMARTS) is 1.